The minimum absolute atomic E-state index is 0. The Morgan fingerprint density at radius 3 is 1.00 bits per heavy atom. The first kappa shape index (κ1) is 30.7. The van der Waals surface area contributed by atoms with Gasteiger partial charge in [-0.1, -0.05) is 0 Å². The summed E-state index contributed by atoms with van der Waals surface area (Å²) < 4.78 is 0. The van der Waals surface area contributed by atoms with Crippen LogP contribution in [0.3, 0.4) is 0 Å². The predicted octanol–water partition coefficient (Wildman–Crippen LogP) is -0.767. The molecule has 4 heavy (non-hydrogen) atoms. The molecule has 0 amide bonds. The third kappa shape index (κ3) is 8.82. The van der Waals surface area contributed by atoms with Crippen LogP contribution in [0.25, 0.3) is 0 Å². The van der Waals surface area contributed by atoms with Gasteiger partial charge in [-0.15, -0.1) is 0 Å². The van der Waals surface area contributed by atoms with Crippen molar-refractivity contribution in [2.75, 3.05) is 0 Å². The molecule has 0 aliphatic heterocycles. The van der Waals surface area contributed by atoms with Gasteiger partial charge in [0.2, 0.25) is 0 Å². The van der Waals surface area contributed by atoms with E-state index in [4.69, 9.17) is 0 Å². The largest absolute Gasteiger partial charge is 0 e. The van der Waals surface area contributed by atoms with E-state index >= 15 is 0 Å². The van der Waals surface area contributed by atoms with Crippen LogP contribution in [0.4, 0.5) is 0 Å². The first-order valence-electron chi connectivity index (χ1n) is 0. The van der Waals surface area contributed by atoms with E-state index in [-0.39, 0.29) is 80.7 Å². The molecule has 0 N–H and O–H groups in total. The van der Waals surface area contributed by atoms with Crippen molar-refractivity contribution in [2.45, 2.75) is 0 Å². The average molecular weight is 317 g/mol. The van der Waals surface area contributed by atoms with E-state index in [2.05, 4.69) is 0 Å². The molecule has 0 saturated heterocycles. The van der Waals surface area contributed by atoms with E-state index in [0.717, 1.165) is 0 Å². The van der Waals surface area contributed by atoms with Gasteiger partial charge in [0.05, 0.1) is 0 Å². The SMILES string of the molecule is [Ag].[Al].[Cu].[Sn]. The maximum absolute atomic E-state index is 0. The molecule has 0 aromatic carbocycles. The van der Waals surface area contributed by atoms with Crippen LogP contribution in [0, 0.1) is 0 Å². The summed E-state index contributed by atoms with van der Waals surface area (Å²) in [7, 11) is 0. The second kappa shape index (κ2) is 17.6. The van der Waals surface area contributed by atoms with Crippen molar-refractivity contribution in [3.63, 3.8) is 0 Å². The van der Waals surface area contributed by atoms with E-state index in [1.807, 2.05) is 0 Å². The first-order chi connectivity index (χ1) is 0. The van der Waals surface area contributed by atoms with Crippen LogP contribution in [0.5, 0.6) is 0 Å². The van der Waals surface area contributed by atoms with Gasteiger partial charge in [-0.3, -0.25) is 0 Å². The molecule has 0 heterocycles. The van der Waals surface area contributed by atoms with Gasteiger partial charge in [0.25, 0.3) is 0 Å². The average Bonchev–Trinajstić information content (AvgIpc) is 0. The Kier molecular flexibility index (Phi) is 135. The van der Waals surface area contributed by atoms with Crippen molar-refractivity contribution in [3.05, 3.63) is 0 Å². The molecule has 0 unspecified atom stereocenters. The summed E-state index contributed by atoms with van der Waals surface area (Å²) in [5, 5.41) is 0. The fourth-order valence-electron chi connectivity index (χ4n) is 0. The van der Waals surface area contributed by atoms with Crippen LogP contribution in [0.15, 0.2) is 0 Å². The van der Waals surface area contributed by atoms with Crippen LogP contribution in [-0.2, 0) is 39.4 Å². The Morgan fingerprint density at radius 1 is 1.00 bits per heavy atom. The number of hydrogen-bond acceptors (Lipinski definition) is 0. The van der Waals surface area contributed by atoms with Crippen LogP contribution < -0.4 is 0 Å². The normalized spacial score (nSPS) is 0. The molecule has 9 radical (unpaired) electrons. The molecule has 0 aromatic rings. The molecular weight excluding hydrogens is 317 g/mol. The molecule has 0 fully saturated rings. The van der Waals surface area contributed by atoms with Crippen LogP contribution in [-0.4, -0.2) is 41.3 Å². The molecule has 0 saturated carbocycles. The fraction of sp³-hybridized carbons (Fsp3) is 0. The second-order valence-electron chi connectivity index (χ2n) is 0. The second-order valence-corrected chi connectivity index (χ2v) is 0. The van der Waals surface area contributed by atoms with Gasteiger partial charge < -0.3 is 0 Å². The summed E-state index contributed by atoms with van der Waals surface area (Å²) >= 11 is 0. The number of hydrogen-bond donors (Lipinski definition) is 0. The maximum Gasteiger partial charge on any atom is 0 e. The molecule has 4 heteroatoms. The van der Waals surface area contributed by atoms with E-state index in [0.29, 0.717) is 0 Å². The van der Waals surface area contributed by atoms with Crippen LogP contribution >= 0.6 is 0 Å². The standard InChI is InChI=1S/Ag.Al.Cu.Sn. The Bertz CT molecular complexity index is 8.00. The molecular formula is AgAlCuSn. The Labute approximate surface area is 79.5 Å². The Hall–Kier alpha value is 2.59. The third-order valence-corrected chi connectivity index (χ3v) is 0. The van der Waals surface area contributed by atoms with Crippen molar-refractivity contribution >= 4 is 41.3 Å². The monoisotopic (exact) mass is 317 g/mol. The minimum atomic E-state index is 0. The van der Waals surface area contributed by atoms with Crippen LogP contribution in [0.2, 0.25) is 0 Å². The topological polar surface area (TPSA) is 0 Å². The van der Waals surface area contributed by atoms with Gasteiger partial charge in [0.1, 0.15) is 0 Å². The first-order valence-corrected chi connectivity index (χ1v) is 0. The summed E-state index contributed by atoms with van der Waals surface area (Å²) in [4.78, 5) is 0. The van der Waals surface area contributed by atoms with Gasteiger partial charge in [-0.05, 0) is 0 Å². The Balaban J connectivity index is 0. The van der Waals surface area contributed by atoms with Crippen molar-refractivity contribution in [3.8, 4) is 0 Å². The van der Waals surface area contributed by atoms with Gasteiger partial charge in [-0.25, -0.2) is 0 Å². The van der Waals surface area contributed by atoms with Gasteiger partial charge in [-0.2, -0.15) is 0 Å². The summed E-state index contributed by atoms with van der Waals surface area (Å²) in [5.74, 6) is 0. The van der Waals surface area contributed by atoms with Crippen LogP contribution in [0.1, 0.15) is 0 Å². The zero-order chi connectivity index (χ0) is 0. The van der Waals surface area contributed by atoms with Crippen molar-refractivity contribution < 1.29 is 39.4 Å². The molecule has 0 spiro atoms. The minimum Gasteiger partial charge on any atom is 0 e. The van der Waals surface area contributed by atoms with Gasteiger partial charge >= 0.3 is 0 Å². The zero-order valence-electron chi connectivity index (χ0n) is 1.68. The maximum atomic E-state index is 0. The van der Waals surface area contributed by atoms with Crippen molar-refractivity contribution in [1.82, 2.24) is 0 Å². The fourth-order valence-corrected chi connectivity index (χ4v) is 0. The zero-order valence-corrected chi connectivity index (χ0v) is 8.11. The molecule has 0 rings (SSSR count). The van der Waals surface area contributed by atoms with E-state index in [1.54, 1.807) is 0 Å². The molecule has 0 nitrogen and oxygen atoms in total. The van der Waals surface area contributed by atoms with Crippen molar-refractivity contribution in [2.24, 2.45) is 0 Å². The van der Waals surface area contributed by atoms with E-state index in [9.17, 15) is 0 Å². The van der Waals surface area contributed by atoms with Gasteiger partial charge in [0, 0.05) is 80.7 Å². The number of rotatable bonds is 0. The summed E-state index contributed by atoms with van der Waals surface area (Å²) in [5.41, 5.74) is 0. The molecule has 0 aliphatic carbocycles. The summed E-state index contributed by atoms with van der Waals surface area (Å²) in [6.45, 7) is 0. The predicted molar refractivity (Wildman–Crippen MR) is 11.5 cm³/mol. The molecule has 0 aliphatic rings. The molecule has 0 atom stereocenters. The molecule has 29 valence electrons. The summed E-state index contributed by atoms with van der Waals surface area (Å²) in [6, 6.07) is 0. The quantitative estimate of drug-likeness (QED) is 0.515. The third-order valence-electron chi connectivity index (χ3n) is 0. The molecule has 0 aromatic heterocycles. The summed E-state index contributed by atoms with van der Waals surface area (Å²) in [6.07, 6.45) is 0. The molecule has 0 bridgehead atoms. The van der Waals surface area contributed by atoms with Crippen molar-refractivity contribution in [1.29, 1.82) is 0 Å². The van der Waals surface area contributed by atoms with E-state index < -0.39 is 0 Å². The van der Waals surface area contributed by atoms with E-state index in [1.165, 1.54) is 0 Å². The Morgan fingerprint density at radius 2 is 1.00 bits per heavy atom. The van der Waals surface area contributed by atoms with Gasteiger partial charge in [0.15, 0.2) is 0 Å². The smallest absolute Gasteiger partial charge is 0 e.